The number of nitrogens with zero attached hydrogens (tertiary/aromatic N) is 4. The maximum atomic E-state index is 14.2. The molecule has 1 fully saturated rings. The number of fused-ring (bicyclic) bond motifs is 4. The third-order valence-electron chi connectivity index (χ3n) is 7.59. The summed E-state index contributed by atoms with van der Waals surface area (Å²) in [6, 6.07) is 26.5. The number of rotatable bonds is 3. The molecule has 1 saturated heterocycles. The molecule has 0 radical (unpaired) electrons. The first-order valence-electron chi connectivity index (χ1n) is 11.8. The summed E-state index contributed by atoms with van der Waals surface area (Å²) >= 11 is 6.10. The van der Waals surface area contributed by atoms with Gasteiger partial charge in [-0.3, -0.25) is 9.69 Å². The fourth-order valence-electron chi connectivity index (χ4n) is 5.87. The number of halogens is 1. The van der Waals surface area contributed by atoms with E-state index in [4.69, 9.17) is 16.7 Å². The molecule has 1 amide bonds. The van der Waals surface area contributed by atoms with Crippen molar-refractivity contribution in [2.75, 3.05) is 29.5 Å². The van der Waals surface area contributed by atoms with Gasteiger partial charge in [-0.05, 0) is 54.8 Å². The predicted octanol–water partition coefficient (Wildman–Crippen LogP) is 5.00. The van der Waals surface area contributed by atoms with E-state index >= 15 is 0 Å². The molecule has 3 aliphatic rings. The summed E-state index contributed by atoms with van der Waals surface area (Å²) in [5, 5.41) is 7.07. The van der Waals surface area contributed by atoms with Crippen molar-refractivity contribution in [1.29, 1.82) is 0 Å². The predicted molar refractivity (Wildman–Crippen MR) is 137 cm³/mol. The highest BCUT2D eigenvalue weighted by molar-refractivity contribution is 6.30. The summed E-state index contributed by atoms with van der Waals surface area (Å²) in [5.41, 5.74) is 4.72. The summed E-state index contributed by atoms with van der Waals surface area (Å²) in [4.78, 5) is 19.2. The molecule has 2 atom stereocenters. The van der Waals surface area contributed by atoms with E-state index in [0.29, 0.717) is 11.4 Å². The van der Waals surface area contributed by atoms with Crippen molar-refractivity contribution in [3.8, 4) is 0 Å². The number of hydrogen-bond donors (Lipinski definition) is 0. The third kappa shape index (κ3) is 3.34. The quantitative estimate of drug-likeness (QED) is 0.541. The molecule has 1 spiro atoms. The zero-order valence-corrected chi connectivity index (χ0v) is 19.9. The van der Waals surface area contributed by atoms with Gasteiger partial charge in [-0.2, -0.15) is 10.1 Å². The van der Waals surface area contributed by atoms with Crippen LogP contribution in [0.1, 0.15) is 18.1 Å². The van der Waals surface area contributed by atoms with Crippen LogP contribution in [0.15, 0.2) is 84.0 Å². The lowest BCUT2D eigenvalue weighted by molar-refractivity contribution is -0.125. The molecule has 172 valence electrons. The summed E-state index contributed by atoms with van der Waals surface area (Å²) in [5.74, 6) is 0.0541. The van der Waals surface area contributed by atoms with Crippen LogP contribution in [0.5, 0.6) is 0 Å². The van der Waals surface area contributed by atoms with Crippen LogP contribution in [0.2, 0.25) is 5.02 Å². The topological polar surface area (TPSA) is 39.2 Å². The van der Waals surface area contributed by atoms with E-state index in [1.54, 1.807) is 5.01 Å². The van der Waals surface area contributed by atoms with Crippen molar-refractivity contribution < 1.29 is 4.79 Å². The Morgan fingerprint density at radius 2 is 1.71 bits per heavy atom. The van der Waals surface area contributed by atoms with Crippen molar-refractivity contribution in [1.82, 2.24) is 4.90 Å². The molecule has 3 aromatic rings. The van der Waals surface area contributed by atoms with Crippen LogP contribution in [0, 0.1) is 5.41 Å². The standard InChI is InChI=1S/C28H27ClN4O/c1-20-28(27(34)33(30-20)24-13-11-23(29)12-14-24)17-22-9-5-6-10-25(22)32-16-15-31(19-26(28)32)18-21-7-3-2-4-8-21/h2-14,26H,15-19H2,1H3. The molecule has 0 aliphatic carbocycles. The highest BCUT2D eigenvalue weighted by Gasteiger charge is 2.59. The highest BCUT2D eigenvalue weighted by Crippen LogP contribution is 2.48. The lowest BCUT2D eigenvalue weighted by Gasteiger charge is -2.53. The van der Waals surface area contributed by atoms with Gasteiger partial charge in [0.05, 0.1) is 17.4 Å². The molecule has 0 aromatic heterocycles. The zero-order chi connectivity index (χ0) is 23.3. The molecule has 3 heterocycles. The zero-order valence-electron chi connectivity index (χ0n) is 19.2. The number of anilines is 2. The van der Waals surface area contributed by atoms with Crippen LogP contribution in [0.3, 0.4) is 0 Å². The maximum Gasteiger partial charge on any atom is 0.261 e. The van der Waals surface area contributed by atoms with E-state index in [1.165, 1.54) is 16.8 Å². The minimum Gasteiger partial charge on any atom is -0.364 e. The van der Waals surface area contributed by atoms with Crippen LogP contribution in [-0.4, -0.2) is 42.2 Å². The summed E-state index contributed by atoms with van der Waals surface area (Å²) < 4.78 is 0. The molecule has 0 bridgehead atoms. The van der Waals surface area contributed by atoms with Crippen molar-refractivity contribution in [3.63, 3.8) is 0 Å². The first-order chi connectivity index (χ1) is 16.6. The largest absolute Gasteiger partial charge is 0.364 e. The fourth-order valence-corrected chi connectivity index (χ4v) is 5.99. The average molecular weight is 471 g/mol. The van der Waals surface area contributed by atoms with Crippen molar-refractivity contribution in [3.05, 3.63) is 95.0 Å². The monoisotopic (exact) mass is 470 g/mol. The molecular formula is C28H27ClN4O. The lowest BCUT2D eigenvalue weighted by atomic mass is 9.67. The van der Waals surface area contributed by atoms with E-state index in [0.717, 1.165) is 37.6 Å². The van der Waals surface area contributed by atoms with E-state index in [9.17, 15) is 4.79 Å². The van der Waals surface area contributed by atoms with Crippen LogP contribution < -0.4 is 9.91 Å². The van der Waals surface area contributed by atoms with Crippen LogP contribution >= 0.6 is 11.6 Å². The minimum absolute atomic E-state index is 0.0217. The Labute approximate surface area is 205 Å². The second-order valence-electron chi connectivity index (χ2n) is 9.49. The average Bonchev–Trinajstić information content (AvgIpc) is 3.11. The van der Waals surface area contributed by atoms with Crippen molar-refractivity contribution in [2.45, 2.75) is 25.9 Å². The van der Waals surface area contributed by atoms with E-state index in [-0.39, 0.29) is 11.9 Å². The second-order valence-corrected chi connectivity index (χ2v) is 9.92. The minimum atomic E-state index is -0.691. The van der Waals surface area contributed by atoms with Gasteiger partial charge in [0.25, 0.3) is 5.91 Å². The number of benzene rings is 3. The van der Waals surface area contributed by atoms with E-state index in [1.807, 2.05) is 31.2 Å². The number of para-hydroxylation sites is 1. The van der Waals surface area contributed by atoms with Crippen molar-refractivity contribution >= 4 is 34.6 Å². The summed E-state index contributed by atoms with van der Waals surface area (Å²) in [7, 11) is 0. The van der Waals surface area contributed by atoms with Crippen LogP contribution in [-0.2, 0) is 17.8 Å². The lowest BCUT2D eigenvalue weighted by Crippen LogP contribution is -2.66. The van der Waals surface area contributed by atoms with Gasteiger partial charge in [0.1, 0.15) is 5.41 Å². The maximum absolute atomic E-state index is 14.2. The number of carbonyl (C=O) groups is 1. The Hall–Kier alpha value is -3.15. The van der Waals surface area contributed by atoms with Gasteiger partial charge in [-0.1, -0.05) is 60.1 Å². The molecule has 6 rings (SSSR count). The first kappa shape index (κ1) is 21.4. The Morgan fingerprint density at radius 3 is 2.50 bits per heavy atom. The van der Waals surface area contributed by atoms with Gasteiger partial charge < -0.3 is 4.90 Å². The van der Waals surface area contributed by atoms with E-state index < -0.39 is 5.41 Å². The normalized spacial score (nSPS) is 24.2. The first-order valence-corrected chi connectivity index (χ1v) is 12.2. The molecule has 0 saturated carbocycles. The Balaban J connectivity index is 1.39. The molecule has 5 nitrogen and oxygen atoms in total. The Bertz CT molecular complexity index is 1260. The van der Waals surface area contributed by atoms with Crippen LogP contribution in [0.4, 0.5) is 11.4 Å². The summed E-state index contributed by atoms with van der Waals surface area (Å²) in [6.45, 7) is 5.57. The molecule has 3 aliphatic heterocycles. The molecule has 3 aromatic carbocycles. The molecule has 34 heavy (non-hydrogen) atoms. The van der Waals surface area contributed by atoms with Gasteiger partial charge in [-0.15, -0.1) is 0 Å². The smallest absolute Gasteiger partial charge is 0.261 e. The van der Waals surface area contributed by atoms with E-state index in [2.05, 4.69) is 64.4 Å². The van der Waals surface area contributed by atoms with Gasteiger partial charge in [0, 0.05) is 36.9 Å². The number of carbonyl (C=O) groups excluding carboxylic acids is 1. The van der Waals surface area contributed by atoms with Crippen molar-refractivity contribution in [2.24, 2.45) is 10.5 Å². The van der Waals surface area contributed by atoms with Gasteiger partial charge in [0.2, 0.25) is 0 Å². The highest BCUT2D eigenvalue weighted by atomic mass is 35.5. The van der Waals surface area contributed by atoms with Gasteiger partial charge >= 0.3 is 0 Å². The van der Waals surface area contributed by atoms with Gasteiger partial charge in [-0.25, -0.2) is 0 Å². The van der Waals surface area contributed by atoms with Gasteiger partial charge in [0.15, 0.2) is 0 Å². The number of hydrogen-bond acceptors (Lipinski definition) is 4. The SMILES string of the molecule is CC1=NN(c2ccc(Cl)cc2)C(=O)C12Cc1ccccc1N1CCN(Cc3ccccc3)CC12. The number of hydrazone groups is 1. The summed E-state index contributed by atoms with van der Waals surface area (Å²) in [6.07, 6.45) is 0.668. The number of amides is 1. The Kier molecular flexibility index (Phi) is 5.19. The fraction of sp³-hybridized carbons (Fsp3) is 0.286. The third-order valence-corrected chi connectivity index (χ3v) is 7.85. The molecule has 2 unspecified atom stereocenters. The number of piperazine rings is 1. The second kappa shape index (κ2) is 8.26. The molecule has 0 N–H and O–H groups in total. The Morgan fingerprint density at radius 1 is 0.971 bits per heavy atom. The van der Waals surface area contributed by atoms with Crippen LogP contribution in [0.25, 0.3) is 0 Å². The molecule has 6 heteroatoms. The molecular weight excluding hydrogens is 444 g/mol.